The smallest absolute Gasteiger partial charge is 0.329 e. The Morgan fingerprint density at radius 1 is 1.45 bits per heavy atom. The molecule has 0 saturated heterocycles. The fourth-order valence-corrected chi connectivity index (χ4v) is 3.51. The highest BCUT2D eigenvalue weighted by atomic mass is 32.1. The molecule has 0 spiro atoms. The van der Waals surface area contributed by atoms with Crippen molar-refractivity contribution in [1.82, 2.24) is 9.97 Å². The number of nitrogens with zero attached hydrogens (tertiary/aromatic N) is 2. The number of fused-ring (bicyclic) bond motifs is 1. The maximum Gasteiger partial charge on any atom is 0.329 e. The molecule has 2 heterocycles. The molecule has 106 valence electrons. The van der Waals surface area contributed by atoms with Crippen molar-refractivity contribution in [1.29, 1.82) is 0 Å². The van der Waals surface area contributed by atoms with Crippen molar-refractivity contribution in [2.24, 2.45) is 5.92 Å². The van der Waals surface area contributed by atoms with E-state index in [0.717, 1.165) is 28.6 Å². The van der Waals surface area contributed by atoms with Crippen LogP contribution < -0.4 is 5.32 Å². The average Bonchev–Trinajstić information content (AvgIpc) is 3.18. The van der Waals surface area contributed by atoms with Gasteiger partial charge in [-0.2, -0.15) is 0 Å². The molecular formula is C14H17N3O2S. The van der Waals surface area contributed by atoms with E-state index < -0.39 is 11.5 Å². The van der Waals surface area contributed by atoms with Gasteiger partial charge in [-0.15, -0.1) is 11.3 Å². The number of hydrogen-bond acceptors (Lipinski definition) is 5. The zero-order valence-corrected chi connectivity index (χ0v) is 12.5. The van der Waals surface area contributed by atoms with E-state index in [0.29, 0.717) is 5.82 Å². The molecule has 0 bridgehead atoms. The lowest BCUT2D eigenvalue weighted by atomic mass is 9.95. The van der Waals surface area contributed by atoms with Gasteiger partial charge < -0.3 is 10.4 Å². The minimum Gasteiger partial charge on any atom is -0.480 e. The molecule has 0 aliphatic heterocycles. The molecule has 1 saturated carbocycles. The largest absolute Gasteiger partial charge is 0.480 e. The number of carboxylic acid groups (broad SMARTS) is 1. The van der Waals surface area contributed by atoms with Crippen molar-refractivity contribution in [3.63, 3.8) is 0 Å². The maximum atomic E-state index is 11.6. The van der Waals surface area contributed by atoms with Gasteiger partial charge in [-0.25, -0.2) is 14.8 Å². The first kappa shape index (κ1) is 13.3. The van der Waals surface area contributed by atoms with Gasteiger partial charge in [0.1, 0.15) is 22.5 Å². The summed E-state index contributed by atoms with van der Waals surface area (Å²) in [5.41, 5.74) is 0.167. The minimum absolute atomic E-state index is 0.171. The number of nitrogens with one attached hydrogen (secondary N) is 1. The summed E-state index contributed by atoms with van der Waals surface area (Å²) >= 11 is 1.61. The first-order chi connectivity index (χ1) is 9.43. The van der Waals surface area contributed by atoms with Crippen molar-refractivity contribution in [2.75, 3.05) is 5.32 Å². The van der Waals surface area contributed by atoms with Gasteiger partial charge in [-0.05, 0) is 45.1 Å². The molecule has 1 fully saturated rings. The topological polar surface area (TPSA) is 75.1 Å². The van der Waals surface area contributed by atoms with Crippen molar-refractivity contribution in [2.45, 2.75) is 39.2 Å². The lowest BCUT2D eigenvalue weighted by Crippen LogP contribution is -2.45. The quantitative estimate of drug-likeness (QED) is 0.905. The molecule has 2 aromatic heterocycles. The summed E-state index contributed by atoms with van der Waals surface area (Å²) in [4.78, 5) is 22.3. The number of rotatable bonds is 4. The molecule has 2 aromatic rings. The van der Waals surface area contributed by atoms with Crippen LogP contribution in [0.1, 0.15) is 30.2 Å². The molecule has 1 aliphatic rings. The lowest BCUT2D eigenvalue weighted by Gasteiger charge is -2.27. The number of carbonyl (C=O) groups is 1. The second-order valence-corrected chi connectivity index (χ2v) is 6.80. The summed E-state index contributed by atoms with van der Waals surface area (Å²) < 4.78 is 0. The third kappa shape index (κ3) is 1.95. The highest BCUT2D eigenvalue weighted by Gasteiger charge is 2.48. The van der Waals surface area contributed by atoms with Gasteiger partial charge in [-0.1, -0.05) is 0 Å². The van der Waals surface area contributed by atoms with Crippen LogP contribution in [0.2, 0.25) is 0 Å². The van der Waals surface area contributed by atoms with Crippen LogP contribution in [0.25, 0.3) is 10.2 Å². The molecule has 1 unspecified atom stereocenters. The zero-order valence-electron chi connectivity index (χ0n) is 11.7. The Labute approximate surface area is 121 Å². The van der Waals surface area contributed by atoms with Crippen molar-refractivity contribution in [3.8, 4) is 0 Å². The molecule has 5 nitrogen and oxygen atoms in total. The van der Waals surface area contributed by atoms with Crippen molar-refractivity contribution in [3.05, 3.63) is 16.8 Å². The Hall–Kier alpha value is -1.69. The highest BCUT2D eigenvalue weighted by molar-refractivity contribution is 7.18. The van der Waals surface area contributed by atoms with Crippen molar-refractivity contribution >= 4 is 33.3 Å². The molecule has 2 N–H and O–H groups in total. The van der Waals surface area contributed by atoms with E-state index in [1.165, 1.54) is 11.2 Å². The third-order valence-corrected chi connectivity index (χ3v) is 5.30. The van der Waals surface area contributed by atoms with Crippen LogP contribution >= 0.6 is 11.3 Å². The SMILES string of the molecule is Cc1sc2ncnc(NC(C)(C(=O)O)C3CC3)c2c1C. The summed E-state index contributed by atoms with van der Waals surface area (Å²) in [5, 5.41) is 13.7. The monoisotopic (exact) mass is 291 g/mol. The number of anilines is 1. The Balaban J connectivity index is 2.08. The third-order valence-electron chi connectivity index (χ3n) is 4.18. The molecule has 0 amide bonds. The average molecular weight is 291 g/mol. The Morgan fingerprint density at radius 3 is 2.75 bits per heavy atom. The van der Waals surface area contributed by atoms with Crippen LogP contribution in [0.5, 0.6) is 0 Å². The fraction of sp³-hybridized carbons (Fsp3) is 0.500. The predicted molar refractivity (Wildman–Crippen MR) is 79.3 cm³/mol. The summed E-state index contributed by atoms with van der Waals surface area (Å²) in [6.45, 7) is 5.82. The summed E-state index contributed by atoms with van der Waals surface area (Å²) in [5.74, 6) is -0.0185. The molecule has 0 aromatic carbocycles. The van der Waals surface area contributed by atoms with E-state index >= 15 is 0 Å². The number of aryl methyl sites for hydroxylation is 2. The standard InChI is InChI=1S/C14H17N3O2S/c1-7-8(2)20-12-10(7)11(15-6-16-12)17-14(3,13(18)19)9-4-5-9/h6,9H,4-5H2,1-3H3,(H,18,19)(H,15,16,17). The fourth-order valence-electron chi connectivity index (χ4n) is 2.51. The lowest BCUT2D eigenvalue weighted by molar-refractivity contribution is -0.142. The first-order valence-electron chi connectivity index (χ1n) is 6.65. The maximum absolute atomic E-state index is 11.6. The Morgan fingerprint density at radius 2 is 2.15 bits per heavy atom. The zero-order chi connectivity index (χ0) is 14.5. The van der Waals surface area contributed by atoms with Gasteiger partial charge in [0.25, 0.3) is 0 Å². The van der Waals surface area contributed by atoms with Crippen molar-refractivity contribution < 1.29 is 9.90 Å². The number of aliphatic carboxylic acids is 1. The number of carboxylic acids is 1. The van der Waals surface area contributed by atoms with E-state index in [4.69, 9.17) is 0 Å². The molecule has 0 radical (unpaired) electrons. The van der Waals surface area contributed by atoms with E-state index in [-0.39, 0.29) is 5.92 Å². The van der Waals surface area contributed by atoms with Crippen LogP contribution in [0.15, 0.2) is 6.33 Å². The van der Waals surface area contributed by atoms with Gasteiger partial charge in [0, 0.05) is 4.88 Å². The van der Waals surface area contributed by atoms with Gasteiger partial charge in [0.2, 0.25) is 0 Å². The van der Waals surface area contributed by atoms with Gasteiger partial charge in [0.05, 0.1) is 5.39 Å². The summed E-state index contributed by atoms with van der Waals surface area (Å²) in [6.07, 6.45) is 3.40. The van der Waals surface area contributed by atoms with E-state index in [9.17, 15) is 9.90 Å². The minimum atomic E-state index is -0.955. The molecule has 1 aliphatic carbocycles. The number of thiophene rings is 1. The Bertz CT molecular complexity index is 693. The normalized spacial score (nSPS) is 17.9. The molecule has 3 rings (SSSR count). The van der Waals surface area contributed by atoms with Gasteiger partial charge in [0.15, 0.2) is 0 Å². The second kappa shape index (κ2) is 4.41. The van der Waals surface area contributed by atoms with Crippen LogP contribution in [-0.4, -0.2) is 26.6 Å². The molecule has 6 heteroatoms. The van der Waals surface area contributed by atoms with Crippen LogP contribution in [0.3, 0.4) is 0 Å². The molecule has 20 heavy (non-hydrogen) atoms. The predicted octanol–water partition coefficient (Wildman–Crippen LogP) is 2.97. The first-order valence-corrected chi connectivity index (χ1v) is 7.47. The number of aromatic nitrogens is 2. The van der Waals surface area contributed by atoms with Crippen LogP contribution in [-0.2, 0) is 4.79 Å². The highest BCUT2D eigenvalue weighted by Crippen LogP contribution is 2.43. The molecule has 1 atom stereocenters. The van der Waals surface area contributed by atoms with Gasteiger partial charge in [-0.3, -0.25) is 0 Å². The van der Waals surface area contributed by atoms with Crippen LogP contribution in [0.4, 0.5) is 5.82 Å². The Kier molecular flexibility index (Phi) is 2.93. The molecular weight excluding hydrogens is 274 g/mol. The van der Waals surface area contributed by atoms with E-state index in [1.54, 1.807) is 18.3 Å². The van der Waals surface area contributed by atoms with E-state index in [1.807, 2.05) is 13.8 Å². The van der Waals surface area contributed by atoms with E-state index in [2.05, 4.69) is 15.3 Å². The summed E-state index contributed by atoms with van der Waals surface area (Å²) in [6, 6.07) is 0. The number of hydrogen-bond donors (Lipinski definition) is 2. The summed E-state index contributed by atoms with van der Waals surface area (Å²) in [7, 11) is 0. The second-order valence-electron chi connectivity index (χ2n) is 5.59. The van der Waals surface area contributed by atoms with Gasteiger partial charge >= 0.3 is 5.97 Å². The van der Waals surface area contributed by atoms with Crippen LogP contribution in [0, 0.1) is 19.8 Å².